The Morgan fingerprint density at radius 3 is 3.04 bits per heavy atom. The predicted molar refractivity (Wildman–Crippen MR) is 105 cm³/mol. The average molecular weight is 365 g/mol. The molecule has 142 valence electrons. The number of nitrogens with one attached hydrogen (secondary N) is 1. The number of nitrogens with zero attached hydrogens (tertiary/aromatic N) is 4. The third-order valence-electron chi connectivity index (χ3n) is 5.88. The molecule has 2 aliphatic rings. The molecular weight excluding hydrogens is 338 g/mol. The minimum atomic E-state index is 0.0766. The van der Waals surface area contributed by atoms with Crippen molar-refractivity contribution in [1.29, 1.82) is 0 Å². The van der Waals surface area contributed by atoms with Crippen LogP contribution >= 0.6 is 0 Å². The first kappa shape index (κ1) is 17.0. The van der Waals surface area contributed by atoms with Crippen molar-refractivity contribution in [3.8, 4) is 11.1 Å². The second-order valence-corrected chi connectivity index (χ2v) is 8.05. The molecule has 3 aromatic heterocycles. The van der Waals surface area contributed by atoms with Crippen LogP contribution < -0.4 is 5.32 Å². The fraction of sp³-hybridized carbons (Fsp3) is 0.524. The van der Waals surface area contributed by atoms with Crippen LogP contribution in [-0.2, 0) is 11.3 Å². The summed E-state index contributed by atoms with van der Waals surface area (Å²) in [6, 6.07) is 5.02. The standard InChI is InChI=1S/C21H27N5O/c1-15-8-16(10-22-15)13-25-6-5-17-9-18(11-23-21(17)25)19-12-24-26(14-19)20-4-2-3-7-27-20/h5-6,9,11-12,14-16,20,22H,2-4,7-8,10,13H2,1H3/t15-,16?,20?/m1/s1. The average Bonchev–Trinajstić information content (AvgIpc) is 3.43. The summed E-state index contributed by atoms with van der Waals surface area (Å²) in [5.74, 6) is 0.686. The molecule has 0 amide bonds. The zero-order chi connectivity index (χ0) is 18.2. The van der Waals surface area contributed by atoms with Crippen LogP contribution in [0.3, 0.4) is 0 Å². The van der Waals surface area contributed by atoms with E-state index < -0.39 is 0 Å². The van der Waals surface area contributed by atoms with Crippen molar-refractivity contribution < 1.29 is 4.74 Å². The van der Waals surface area contributed by atoms with Gasteiger partial charge in [0.2, 0.25) is 0 Å². The lowest BCUT2D eigenvalue weighted by Crippen LogP contribution is -2.18. The lowest BCUT2D eigenvalue weighted by atomic mass is 10.1. The van der Waals surface area contributed by atoms with Crippen LogP contribution in [0, 0.1) is 5.92 Å². The van der Waals surface area contributed by atoms with Gasteiger partial charge in [-0.2, -0.15) is 5.10 Å². The van der Waals surface area contributed by atoms with Crippen molar-refractivity contribution >= 4 is 11.0 Å². The molecule has 0 saturated carbocycles. The van der Waals surface area contributed by atoms with E-state index in [2.05, 4.69) is 46.4 Å². The number of ether oxygens (including phenoxy) is 1. The van der Waals surface area contributed by atoms with Crippen molar-refractivity contribution in [3.63, 3.8) is 0 Å². The molecule has 6 nitrogen and oxygen atoms in total. The van der Waals surface area contributed by atoms with Gasteiger partial charge >= 0.3 is 0 Å². The number of rotatable bonds is 4. The number of aromatic nitrogens is 4. The topological polar surface area (TPSA) is 56.9 Å². The van der Waals surface area contributed by atoms with E-state index >= 15 is 0 Å². The Morgan fingerprint density at radius 1 is 1.26 bits per heavy atom. The SMILES string of the molecule is C[C@@H]1CC(Cn2ccc3cc(-c4cnn(C5CCCCO5)c4)cnc32)CN1. The minimum Gasteiger partial charge on any atom is -0.357 e. The Bertz CT molecular complexity index is 924. The second-order valence-electron chi connectivity index (χ2n) is 8.05. The number of pyridine rings is 1. The van der Waals surface area contributed by atoms with Crippen molar-refractivity contribution in [1.82, 2.24) is 24.6 Å². The van der Waals surface area contributed by atoms with Gasteiger partial charge in [0.15, 0.2) is 0 Å². The Labute approximate surface area is 159 Å². The molecule has 2 unspecified atom stereocenters. The summed E-state index contributed by atoms with van der Waals surface area (Å²) in [4.78, 5) is 4.77. The molecule has 27 heavy (non-hydrogen) atoms. The minimum absolute atomic E-state index is 0.0766. The highest BCUT2D eigenvalue weighted by Crippen LogP contribution is 2.27. The molecule has 6 heteroatoms. The van der Waals surface area contributed by atoms with Gasteiger partial charge in [0.25, 0.3) is 0 Å². The number of fused-ring (bicyclic) bond motifs is 1. The van der Waals surface area contributed by atoms with Crippen LogP contribution in [0.2, 0.25) is 0 Å². The molecule has 0 bridgehead atoms. The maximum Gasteiger partial charge on any atom is 0.150 e. The summed E-state index contributed by atoms with van der Waals surface area (Å²) >= 11 is 0. The van der Waals surface area contributed by atoms with Gasteiger partial charge in [0.05, 0.1) is 6.20 Å². The van der Waals surface area contributed by atoms with Crippen LogP contribution in [0.25, 0.3) is 22.2 Å². The number of hydrogen-bond acceptors (Lipinski definition) is 4. The summed E-state index contributed by atoms with van der Waals surface area (Å²) in [5, 5.41) is 9.25. The van der Waals surface area contributed by atoms with Gasteiger partial charge in [-0.15, -0.1) is 0 Å². The van der Waals surface area contributed by atoms with E-state index in [1.54, 1.807) is 0 Å². The zero-order valence-electron chi connectivity index (χ0n) is 15.8. The number of hydrogen-bond donors (Lipinski definition) is 1. The fourth-order valence-electron chi connectivity index (χ4n) is 4.41. The van der Waals surface area contributed by atoms with Crippen LogP contribution in [0.4, 0.5) is 0 Å². The smallest absolute Gasteiger partial charge is 0.150 e. The monoisotopic (exact) mass is 365 g/mol. The van der Waals surface area contributed by atoms with Gasteiger partial charge in [-0.3, -0.25) is 0 Å². The maximum atomic E-state index is 5.83. The third kappa shape index (κ3) is 3.39. The molecule has 0 radical (unpaired) electrons. The summed E-state index contributed by atoms with van der Waals surface area (Å²) in [5.41, 5.74) is 3.28. The highest BCUT2D eigenvalue weighted by Gasteiger charge is 2.21. The molecule has 5 heterocycles. The Morgan fingerprint density at radius 2 is 2.22 bits per heavy atom. The summed E-state index contributed by atoms with van der Waals surface area (Å²) < 4.78 is 10.1. The Balaban J connectivity index is 1.36. The normalized spacial score (nSPS) is 26.0. The van der Waals surface area contributed by atoms with E-state index in [0.717, 1.165) is 49.3 Å². The first-order chi connectivity index (χ1) is 13.3. The summed E-state index contributed by atoms with van der Waals surface area (Å²) in [6.07, 6.45) is 12.9. The lowest BCUT2D eigenvalue weighted by Gasteiger charge is -2.22. The second kappa shape index (κ2) is 7.09. The van der Waals surface area contributed by atoms with E-state index in [0.29, 0.717) is 12.0 Å². The molecule has 2 saturated heterocycles. The molecule has 3 aromatic rings. The Hall–Kier alpha value is -2.18. The van der Waals surface area contributed by atoms with Crippen LogP contribution in [0.5, 0.6) is 0 Å². The van der Waals surface area contributed by atoms with Gasteiger partial charge in [-0.1, -0.05) is 0 Å². The van der Waals surface area contributed by atoms with Gasteiger partial charge in [-0.25, -0.2) is 9.67 Å². The fourth-order valence-corrected chi connectivity index (χ4v) is 4.41. The first-order valence-corrected chi connectivity index (χ1v) is 10.1. The predicted octanol–water partition coefficient (Wildman–Crippen LogP) is 3.60. The van der Waals surface area contributed by atoms with Crippen molar-refractivity contribution in [2.24, 2.45) is 5.92 Å². The van der Waals surface area contributed by atoms with E-state index in [-0.39, 0.29) is 6.23 Å². The quantitative estimate of drug-likeness (QED) is 0.768. The molecule has 1 N–H and O–H groups in total. The molecule has 0 aromatic carbocycles. The van der Waals surface area contributed by atoms with E-state index in [1.165, 1.54) is 18.2 Å². The molecule has 3 atom stereocenters. The summed E-state index contributed by atoms with van der Waals surface area (Å²) in [7, 11) is 0. The van der Waals surface area contributed by atoms with Gasteiger partial charge in [0, 0.05) is 54.3 Å². The van der Waals surface area contributed by atoms with Crippen LogP contribution in [0.1, 0.15) is 38.8 Å². The summed E-state index contributed by atoms with van der Waals surface area (Å²) in [6.45, 7) is 5.22. The van der Waals surface area contributed by atoms with Gasteiger partial charge < -0.3 is 14.6 Å². The Kier molecular flexibility index (Phi) is 4.45. The molecule has 5 rings (SSSR count). The molecule has 2 fully saturated rings. The molecule has 0 spiro atoms. The van der Waals surface area contributed by atoms with Gasteiger partial charge in [-0.05, 0) is 57.2 Å². The van der Waals surface area contributed by atoms with Crippen LogP contribution in [0.15, 0.2) is 36.9 Å². The first-order valence-electron chi connectivity index (χ1n) is 10.1. The lowest BCUT2D eigenvalue weighted by molar-refractivity contribution is -0.0394. The van der Waals surface area contributed by atoms with E-state index in [9.17, 15) is 0 Å². The van der Waals surface area contributed by atoms with Crippen LogP contribution in [-0.4, -0.2) is 38.5 Å². The highest BCUT2D eigenvalue weighted by molar-refractivity contribution is 5.81. The van der Waals surface area contributed by atoms with Gasteiger partial charge in [0.1, 0.15) is 11.9 Å². The molecule has 2 aliphatic heterocycles. The van der Waals surface area contributed by atoms with E-state index in [1.807, 2.05) is 17.1 Å². The van der Waals surface area contributed by atoms with E-state index in [4.69, 9.17) is 9.72 Å². The maximum absolute atomic E-state index is 5.83. The highest BCUT2D eigenvalue weighted by atomic mass is 16.5. The molecular formula is C21H27N5O. The third-order valence-corrected chi connectivity index (χ3v) is 5.88. The molecule has 0 aliphatic carbocycles. The van der Waals surface area contributed by atoms with Crippen molar-refractivity contribution in [2.45, 2.75) is 51.4 Å². The largest absolute Gasteiger partial charge is 0.357 e. The van der Waals surface area contributed by atoms with Crippen molar-refractivity contribution in [3.05, 3.63) is 36.9 Å². The van der Waals surface area contributed by atoms with Crippen molar-refractivity contribution in [2.75, 3.05) is 13.2 Å². The zero-order valence-corrected chi connectivity index (χ0v) is 15.8.